The number of carbonyl (C=O) groups excluding carboxylic acids is 1. The normalized spacial score (nSPS) is 11.9. The topological polar surface area (TPSA) is 79.8 Å². The fraction of sp³-hybridized carbons (Fsp3) is 0.167. The van der Waals surface area contributed by atoms with Crippen LogP contribution in [0.2, 0.25) is 0 Å². The van der Waals surface area contributed by atoms with Crippen LogP contribution in [-0.2, 0) is 6.54 Å². The third-order valence-electron chi connectivity index (χ3n) is 3.64. The van der Waals surface area contributed by atoms with Gasteiger partial charge in [0.2, 0.25) is 0 Å². The fourth-order valence-corrected chi connectivity index (χ4v) is 2.47. The average molecular weight is 322 g/mol. The van der Waals surface area contributed by atoms with Gasteiger partial charge < -0.3 is 10.3 Å². The van der Waals surface area contributed by atoms with Gasteiger partial charge in [0, 0.05) is 24.1 Å². The number of amides is 1. The van der Waals surface area contributed by atoms with Gasteiger partial charge in [-0.2, -0.15) is 5.10 Å². The SMILES string of the molecule is C[C@H](Cn1cccn1)NC(=O)c1ccc(-c2ccccc2)[nH]c1=O. The number of benzene rings is 1. The number of rotatable bonds is 5. The van der Waals surface area contributed by atoms with Crippen molar-refractivity contribution in [2.24, 2.45) is 0 Å². The van der Waals surface area contributed by atoms with Crippen molar-refractivity contribution in [3.8, 4) is 11.3 Å². The van der Waals surface area contributed by atoms with Gasteiger partial charge in [0.15, 0.2) is 0 Å². The Morgan fingerprint density at radius 2 is 2.00 bits per heavy atom. The van der Waals surface area contributed by atoms with E-state index < -0.39 is 11.5 Å². The smallest absolute Gasteiger partial charge is 0.261 e. The molecule has 0 radical (unpaired) electrons. The van der Waals surface area contributed by atoms with Crippen molar-refractivity contribution in [1.29, 1.82) is 0 Å². The molecular weight excluding hydrogens is 304 g/mol. The number of aromatic nitrogens is 3. The van der Waals surface area contributed by atoms with Gasteiger partial charge in [-0.25, -0.2) is 0 Å². The summed E-state index contributed by atoms with van der Waals surface area (Å²) < 4.78 is 1.73. The van der Waals surface area contributed by atoms with Crippen LogP contribution in [0, 0.1) is 0 Å². The Labute approximate surface area is 139 Å². The van der Waals surface area contributed by atoms with Gasteiger partial charge in [-0.05, 0) is 30.7 Å². The lowest BCUT2D eigenvalue weighted by Crippen LogP contribution is -2.38. The number of hydrogen-bond donors (Lipinski definition) is 2. The van der Waals surface area contributed by atoms with E-state index in [-0.39, 0.29) is 11.6 Å². The lowest BCUT2D eigenvalue weighted by atomic mass is 10.1. The van der Waals surface area contributed by atoms with E-state index in [0.29, 0.717) is 12.2 Å². The molecule has 0 spiro atoms. The van der Waals surface area contributed by atoms with E-state index in [0.717, 1.165) is 5.56 Å². The second kappa shape index (κ2) is 6.95. The highest BCUT2D eigenvalue weighted by atomic mass is 16.2. The molecule has 1 amide bonds. The second-order valence-corrected chi connectivity index (χ2v) is 5.58. The Morgan fingerprint density at radius 3 is 2.67 bits per heavy atom. The van der Waals surface area contributed by atoms with Gasteiger partial charge in [-0.15, -0.1) is 0 Å². The van der Waals surface area contributed by atoms with Crippen LogP contribution in [0.4, 0.5) is 0 Å². The number of hydrogen-bond acceptors (Lipinski definition) is 3. The Hall–Kier alpha value is -3.15. The van der Waals surface area contributed by atoms with Crippen molar-refractivity contribution in [2.75, 3.05) is 0 Å². The largest absolute Gasteiger partial charge is 0.348 e. The lowest BCUT2D eigenvalue weighted by Gasteiger charge is -2.13. The lowest BCUT2D eigenvalue weighted by molar-refractivity contribution is 0.0934. The summed E-state index contributed by atoms with van der Waals surface area (Å²) in [6, 6.07) is 14.5. The van der Waals surface area contributed by atoms with Crippen LogP contribution in [0.3, 0.4) is 0 Å². The molecule has 3 aromatic rings. The minimum Gasteiger partial charge on any atom is -0.348 e. The van der Waals surface area contributed by atoms with E-state index in [1.54, 1.807) is 23.0 Å². The minimum absolute atomic E-state index is 0.0991. The first-order valence-electron chi connectivity index (χ1n) is 7.70. The molecule has 2 heterocycles. The van der Waals surface area contributed by atoms with E-state index in [4.69, 9.17) is 0 Å². The number of pyridine rings is 1. The summed E-state index contributed by atoms with van der Waals surface area (Å²) >= 11 is 0. The molecular formula is C18H18N4O2. The first-order chi connectivity index (χ1) is 11.6. The zero-order chi connectivity index (χ0) is 16.9. The standard InChI is InChI=1S/C18H18N4O2/c1-13(12-22-11-5-10-19-22)20-17(23)15-8-9-16(21-18(15)24)14-6-3-2-4-7-14/h2-11,13H,12H2,1H3,(H,20,23)(H,21,24)/t13-/m1/s1. The maximum absolute atomic E-state index is 12.3. The van der Waals surface area contributed by atoms with Crippen LogP contribution in [0.5, 0.6) is 0 Å². The zero-order valence-corrected chi connectivity index (χ0v) is 13.3. The average Bonchev–Trinajstić information content (AvgIpc) is 3.08. The van der Waals surface area contributed by atoms with E-state index in [9.17, 15) is 9.59 Å². The van der Waals surface area contributed by atoms with E-state index >= 15 is 0 Å². The summed E-state index contributed by atoms with van der Waals surface area (Å²) in [5.41, 5.74) is 1.28. The molecule has 0 saturated carbocycles. The molecule has 0 aliphatic heterocycles. The number of nitrogens with one attached hydrogen (secondary N) is 2. The summed E-state index contributed by atoms with van der Waals surface area (Å²) in [5, 5.41) is 6.91. The summed E-state index contributed by atoms with van der Waals surface area (Å²) in [5.74, 6) is -0.393. The first kappa shape index (κ1) is 15.7. The third kappa shape index (κ3) is 3.60. The van der Waals surface area contributed by atoms with Gasteiger partial charge in [0.1, 0.15) is 5.56 Å². The van der Waals surface area contributed by atoms with E-state index in [1.807, 2.05) is 49.5 Å². The second-order valence-electron chi connectivity index (χ2n) is 5.58. The monoisotopic (exact) mass is 322 g/mol. The number of carbonyl (C=O) groups is 1. The molecule has 3 rings (SSSR count). The molecule has 1 atom stereocenters. The van der Waals surface area contributed by atoms with Crippen LogP contribution in [0.1, 0.15) is 17.3 Å². The molecule has 0 saturated heterocycles. The van der Waals surface area contributed by atoms with E-state index in [1.165, 1.54) is 0 Å². The molecule has 0 bridgehead atoms. The maximum atomic E-state index is 12.3. The Bertz CT molecular complexity index is 870. The molecule has 2 N–H and O–H groups in total. The van der Waals surface area contributed by atoms with Gasteiger partial charge in [-0.3, -0.25) is 14.3 Å². The van der Waals surface area contributed by atoms with E-state index in [2.05, 4.69) is 15.4 Å². The van der Waals surface area contributed by atoms with Crippen LogP contribution in [0.15, 0.2) is 65.7 Å². The van der Waals surface area contributed by atoms with Crippen molar-refractivity contribution in [3.63, 3.8) is 0 Å². The molecule has 0 fully saturated rings. The highest BCUT2D eigenvalue weighted by Gasteiger charge is 2.14. The molecule has 6 nitrogen and oxygen atoms in total. The number of H-pyrrole nitrogens is 1. The molecule has 0 aliphatic rings. The maximum Gasteiger partial charge on any atom is 0.261 e. The van der Waals surface area contributed by atoms with Crippen molar-refractivity contribution in [2.45, 2.75) is 19.5 Å². The van der Waals surface area contributed by atoms with Gasteiger partial charge in [0.05, 0.1) is 6.54 Å². The summed E-state index contributed by atoms with van der Waals surface area (Å²) in [6.45, 7) is 2.41. The zero-order valence-electron chi connectivity index (χ0n) is 13.3. The molecule has 6 heteroatoms. The molecule has 0 unspecified atom stereocenters. The highest BCUT2D eigenvalue weighted by Crippen LogP contribution is 2.14. The van der Waals surface area contributed by atoms with Crippen molar-refractivity contribution in [3.05, 3.63) is 76.8 Å². The van der Waals surface area contributed by atoms with Crippen molar-refractivity contribution < 1.29 is 4.79 Å². The molecule has 122 valence electrons. The quantitative estimate of drug-likeness (QED) is 0.754. The Balaban J connectivity index is 1.72. The van der Waals surface area contributed by atoms with Gasteiger partial charge in [0.25, 0.3) is 11.5 Å². The Kier molecular flexibility index (Phi) is 4.56. The fourth-order valence-electron chi connectivity index (χ4n) is 2.47. The van der Waals surface area contributed by atoms with Crippen molar-refractivity contribution >= 4 is 5.91 Å². The highest BCUT2D eigenvalue weighted by molar-refractivity contribution is 5.94. The molecule has 2 aromatic heterocycles. The summed E-state index contributed by atoms with van der Waals surface area (Å²) in [4.78, 5) is 27.3. The molecule has 1 aromatic carbocycles. The number of nitrogens with zero attached hydrogens (tertiary/aromatic N) is 2. The van der Waals surface area contributed by atoms with Crippen molar-refractivity contribution in [1.82, 2.24) is 20.1 Å². The Morgan fingerprint density at radius 1 is 1.21 bits per heavy atom. The summed E-state index contributed by atoms with van der Waals surface area (Å²) in [7, 11) is 0. The minimum atomic E-state index is -0.403. The predicted octanol–water partition coefficient (Wildman–Crippen LogP) is 2.06. The van der Waals surface area contributed by atoms with Crippen LogP contribution >= 0.6 is 0 Å². The predicted molar refractivity (Wildman–Crippen MR) is 91.7 cm³/mol. The van der Waals surface area contributed by atoms with Crippen LogP contribution < -0.4 is 10.9 Å². The molecule has 24 heavy (non-hydrogen) atoms. The molecule has 0 aliphatic carbocycles. The summed E-state index contributed by atoms with van der Waals surface area (Å²) in [6.07, 6.45) is 3.51. The van der Waals surface area contributed by atoms with Gasteiger partial charge in [-0.1, -0.05) is 30.3 Å². The first-order valence-corrected chi connectivity index (χ1v) is 7.70. The number of aromatic amines is 1. The third-order valence-corrected chi connectivity index (χ3v) is 3.64. The van der Waals surface area contributed by atoms with Crippen LogP contribution in [0.25, 0.3) is 11.3 Å². The van der Waals surface area contributed by atoms with Crippen LogP contribution in [-0.4, -0.2) is 26.7 Å². The van der Waals surface area contributed by atoms with Gasteiger partial charge >= 0.3 is 0 Å².